The van der Waals surface area contributed by atoms with Gasteiger partial charge in [0.25, 0.3) is 0 Å². The van der Waals surface area contributed by atoms with Crippen molar-refractivity contribution >= 4 is 0 Å². The average Bonchev–Trinajstić information content (AvgIpc) is 2.42. The summed E-state index contributed by atoms with van der Waals surface area (Å²) in [6, 6.07) is 4.85. The van der Waals surface area contributed by atoms with Crippen LogP contribution in [0, 0.1) is 13.8 Å². The molecule has 2 N–H and O–H groups in total. The highest BCUT2D eigenvalue weighted by Gasteiger charge is 2.22. The first-order valence-electron chi connectivity index (χ1n) is 7.62. The Morgan fingerprint density at radius 3 is 2.42 bits per heavy atom. The molecule has 0 unspecified atom stereocenters. The molecule has 0 aromatic heterocycles. The predicted octanol–water partition coefficient (Wildman–Crippen LogP) is 4.08. The van der Waals surface area contributed by atoms with Crippen LogP contribution < -0.4 is 10.5 Å². The molecule has 0 aliphatic heterocycles. The van der Waals surface area contributed by atoms with Gasteiger partial charge in [0.05, 0.1) is 6.61 Å². The molecule has 0 amide bonds. The molecule has 0 bridgehead atoms. The lowest BCUT2D eigenvalue weighted by Crippen LogP contribution is -2.26. The van der Waals surface area contributed by atoms with Gasteiger partial charge in [-0.1, -0.05) is 13.0 Å². The van der Waals surface area contributed by atoms with Crippen molar-refractivity contribution in [2.45, 2.75) is 64.8 Å². The monoisotopic (exact) mass is 261 g/mol. The van der Waals surface area contributed by atoms with Crippen molar-refractivity contribution in [1.82, 2.24) is 0 Å². The van der Waals surface area contributed by atoms with Gasteiger partial charge >= 0.3 is 0 Å². The zero-order valence-corrected chi connectivity index (χ0v) is 12.5. The third-order valence-corrected chi connectivity index (χ3v) is 4.45. The topological polar surface area (TPSA) is 35.2 Å². The van der Waals surface area contributed by atoms with Crippen molar-refractivity contribution in [1.29, 1.82) is 0 Å². The Kier molecular flexibility index (Phi) is 4.87. The van der Waals surface area contributed by atoms with Crippen LogP contribution in [0.15, 0.2) is 12.1 Å². The van der Waals surface area contributed by atoms with Crippen LogP contribution in [0.3, 0.4) is 0 Å². The van der Waals surface area contributed by atoms with Gasteiger partial charge in [0, 0.05) is 6.04 Å². The quantitative estimate of drug-likeness (QED) is 0.886. The summed E-state index contributed by atoms with van der Waals surface area (Å²) in [5.74, 6) is 1.74. The number of nitrogens with two attached hydrogens (primary N) is 1. The smallest absolute Gasteiger partial charge is 0.122 e. The van der Waals surface area contributed by atoms with Crippen LogP contribution in [0.2, 0.25) is 0 Å². The maximum Gasteiger partial charge on any atom is 0.122 e. The summed E-state index contributed by atoms with van der Waals surface area (Å²) >= 11 is 0. The Balaban J connectivity index is 2.16. The van der Waals surface area contributed by atoms with Crippen LogP contribution in [0.5, 0.6) is 5.75 Å². The van der Waals surface area contributed by atoms with E-state index < -0.39 is 0 Å². The lowest BCUT2D eigenvalue weighted by atomic mass is 9.80. The molecule has 2 heteroatoms. The Morgan fingerprint density at radius 2 is 1.79 bits per heavy atom. The summed E-state index contributed by atoms with van der Waals surface area (Å²) in [6.07, 6.45) is 5.85. The van der Waals surface area contributed by atoms with E-state index in [-0.39, 0.29) is 0 Å². The van der Waals surface area contributed by atoms with Crippen LogP contribution in [0.25, 0.3) is 0 Å². The molecule has 1 aliphatic rings. The molecular formula is C17H27NO. The predicted molar refractivity (Wildman–Crippen MR) is 80.9 cm³/mol. The highest BCUT2D eigenvalue weighted by molar-refractivity contribution is 5.45. The molecule has 0 atom stereocenters. The molecule has 0 spiro atoms. The molecule has 1 fully saturated rings. The second kappa shape index (κ2) is 6.42. The molecule has 1 aliphatic carbocycles. The summed E-state index contributed by atoms with van der Waals surface area (Å²) < 4.78 is 5.81. The standard InChI is InChI=1S/C17H27NO/c1-4-11-19-17-10-9-16(12(2)13(17)3)14-5-7-15(18)8-6-14/h9-10,14-15H,4-8,11,18H2,1-3H3. The summed E-state index contributed by atoms with van der Waals surface area (Å²) in [4.78, 5) is 0. The van der Waals surface area contributed by atoms with Crippen molar-refractivity contribution in [2.24, 2.45) is 5.73 Å². The SMILES string of the molecule is CCCOc1ccc(C2CCC(N)CC2)c(C)c1C. The number of hydrogen-bond donors (Lipinski definition) is 1. The average molecular weight is 261 g/mol. The molecule has 0 heterocycles. The van der Waals surface area contributed by atoms with Crippen molar-refractivity contribution in [3.05, 3.63) is 28.8 Å². The van der Waals surface area contributed by atoms with Crippen LogP contribution in [-0.4, -0.2) is 12.6 Å². The zero-order valence-electron chi connectivity index (χ0n) is 12.5. The molecule has 19 heavy (non-hydrogen) atoms. The first kappa shape index (κ1) is 14.4. The first-order valence-corrected chi connectivity index (χ1v) is 7.62. The lowest BCUT2D eigenvalue weighted by molar-refractivity contribution is 0.314. The van der Waals surface area contributed by atoms with E-state index in [2.05, 4.69) is 32.9 Å². The van der Waals surface area contributed by atoms with Crippen LogP contribution in [0.1, 0.15) is 61.6 Å². The van der Waals surface area contributed by atoms with Gasteiger partial charge in [-0.2, -0.15) is 0 Å². The molecule has 2 nitrogen and oxygen atoms in total. The maximum atomic E-state index is 6.00. The van der Waals surface area contributed by atoms with Gasteiger partial charge in [-0.3, -0.25) is 0 Å². The highest BCUT2D eigenvalue weighted by atomic mass is 16.5. The van der Waals surface area contributed by atoms with Crippen molar-refractivity contribution in [3.63, 3.8) is 0 Å². The van der Waals surface area contributed by atoms with Gasteiger partial charge in [-0.05, 0) is 74.6 Å². The van der Waals surface area contributed by atoms with E-state index in [1.807, 2.05) is 0 Å². The molecule has 1 saturated carbocycles. The van der Waals surface area contributed by atoms with Crippen molar-refractivity contribution in [3.8, 4) is 5.75 Å². The fraction of sp³-hybridized carbons (Fsp3) is 0.647. The number of benzene rings is 1. The highest BCUT2D eigenvalue weighted by Crippen LogP contribution is 2.36. The van der Waals surface area contributed by atoms with Crippen molar-refractivity contribution < 1.29 is 4.74 Å². The van der Waals surface area contributed by atoms with E-state index in [1.165, 1.54) is 29.5 Å². The fourth-order valence-corrected chi connectivity index (χ4v) is 3.06. The lowest BCUT2D eigenvalue weighted by Gasteiger charge is -2.28. The van der Waals surface area contributed by atoms with Crippen LogP contribution in [-0.2, 0) is 0 Å². The van der Waals surface area contributed by atoms with Crippen LogP contribution in [0.4, 0.5) is 0 Å². The van der Waals surface area contributed by atoms with Gasteiger partial charge in [-0.25, -0.2) is 0 Å². The number of hydrogen-bond acceptors (Lipinski definition) is 2. The molecule has 1 aromatic carbocycles. The van der Waals surface area contributed by atoms with Crippen molar-refractivity contribution in [2.75, 3.05) is 6.61 Å². The van der Waals surface area contributed by atoms with E-state index in [9.17, 15) is 0 Å². The molecule has 106 valence electrons. The molecule has 0 radical (unpaired) electrons. The third kappa shape index (κ3) is 3.30. The molecule has 1 aromatic rings. The second-order valence-corrected chi connectivity index (χ2v) is 5.86. The van der Waals surface area contributed by atoms with Crippen LogP contribution >= 0.6 is 0 Å². The molecule has 0 saturated heterocycles. The van der Waals surface area contributed by atoms with E-state index in [0.29, 0.717) is 12.0 Å². The minimum atomic E-state index is 0.421. The maximum absolute atomic E-state index is 6.00. The number of ether oxygens (including phenoxy) is 1. The normalized spacial score (nSPS) is 23.4. The number of rotatable bonds is 4. The van der Waals surface area contributed by atoms with E-state index in [0.717, 1.165) is 31.6 Å². The van der Waals surface area contributed by atoms with Gasteiger partial charge in [0.1, 0.15) is 5.75 Å². The van der Waals surface area contributed by atoms with Gasteiger partial charge in [0.15, 0.2) is 0 Å². The fourth-order valence-electron chi connectivity index (χ4n) is 3.06. The molecule has 2 rings (SSSR count). The summed E-state index contributed by atoms with van der Waals surface area (Å²) in [6.45, 7) is 7.36. The Morgan fingerprint density at radius 1 is 1.11 bits per heavy atom. The first-order chi connectivity index (χ1) is 9.13. The van der Waals surface area contributed by atoms with Gasteiger partial charge in [-0.15, -0.1) is 0 Å². The Labute approximate surface area is 117 Å². The summed E-state index contributed by atoms with van der Waals surface area (Å²) in [5, 5.41) is 0. The minimum Gasteiger partial charge on any atom is -0.493 e. The summed E-state index contributed by atoms with van der Waals surface area (Å²) in [7, 11) is 0. The van der Waals surface area contributed by atoms with E-state index >= 15 is 0 Å². The van der Waals surface area contributed by atoms with Gasteiger partial charge in [0.2, 0.25) is 0 Å². The van der Waals surface area contributed by atoms with Gasteiger partial charge < -0.3 is 10.5 Å². The zero-order chi connectivity index (χ0) is 13.8. The second-order valence-electron chi connectivity index (χ2n) is 5.86. The Bertz CT molecular complexity index is 420. The third-order valence-electron chi connectivity index (χ3n) is 4.45. The largest absolute Gasteiger partial charge is 0.493 e. The minimum absolute atomic E-state index is 0.421. The van der Waals surface area contributed by atoms with E-state index in [1.54, 1.807) is 0 Å². The summed E-state index contributed by atoms with van der Waals surface area (Å²) in [5.41, 5.74) is 10.2. The Hall–Kier alpha value is -1.02. The van der Waals surface area contributed by atoms with E-state index in [4.69, 9.17) is 10.5 Å². The molecular weight excluding hydrogens is 234 g/mol.